The predicted molar refractivity (Wildman–Crippen MR) is 129 cm³/mol. The number of halogens is 1. The van der Waals surface area contributed by atoms with Gasteiger partial charge in [0.05, 0.1) is 18.1 Å². The summed E-state index contributed by atoms with van der Waals surface area (Å²) in [5.41, 5.74) is 2.36. The molecule has 1 fully saturated rings. The van der Waals surface area contributed by atoms with Crippen molar-refractivity contribution >= 4 is 17.6 Å². The Labute approximate surface area is 191 Å². The SMILES string of the molecule is CCNC(=NCC1(NC(C)c2ccccc2)CCOCC1)N(C)Cc1cc(Cl)cn1C. The van der Waals surface area contributed by atoms with Crippen LogP contribution in [0.3, 0.4) is 0 Å². The second-order valence-corrected chi connectivity index (χ2v) is 8.89. The molecule has 2 N–H and O–H groups in total. The molecule has 1 aliphatic heterocycles. The van der Waals surface area contributed by atoms with Gasteiger partial charge < -0.3 is 24.8 Å². The van der Waals surface area contributed by atoms with E-state index in [2.05, 4.69) is 71.3 Å². The van der Waals surface area contributed by atoms with E-state index in [-0.39, 0.29) is 11.6 Å². The minimum absolute atomic E-state index is 0.0801. The molecule has 0 spiro atoms. The van der Waals surface area contributed by atoms with E-state index in [4.69, 9.17) is 21.3 Å². The third kappa shape index (κ3) is 6.48. The van der Waals surface area contributed by atoms with Gasteiger partial charge in [-0.2, -0.15) is 0 Å². The third-order valence-electron chi connectivity index (χ3n) is 5.97. The molecule has 0 saturated carbocycles. The Hall–Kier alpha value is -2.02. The molecule has 170 valence electrons. The van der Waals surface area contributed by atoms with Crippen molar-refractivity contribution in [3.05, 3.63) is 58.9 Å². The van der Waals surface area contributed by atoms with Crippen LogP contribution in [0.4, 0.5) is 0 Å². The van der Waals surface area contributed by atoms with E-state index in [1.165, 1.54) is 5.56 Å². The van der Waals surface area contributed by atoms with Crippen LogP contribution in [0.25, 0.3) is 0 Å². The molecular formula is C24H36ClN5O. The lowest BCUT2D eigenvalue weighted by molar-refractivity contribution is 0.0373. The summed E-state index contributed by atoms with van der Waals surface area (Å²) >= 11 is 6.16. The number of aliphatic imine (C=N–C) groups is 1. The molecule has 1 atom stereocenters. The molecular weight excluding hydrogens is 410 g/mol. The first-order valence-corrected chi connectivity index (χ1v) is 11.5. The maximum Gasteiger partial charge on any atom is 0.194 e. The van der Waals surface area contributed by atoms with Crippen LogP contribution in [0, 0.1) is 0 Å². The predicted octanol–water partition coefficient (Wildman–Crippen LogP) is 3.98. The van der Waals surface area contributed by atoms with Crippen molar-refractivity contribution in [3.63, 3.8) is 0 Å². The van der Waals surface area contributed by atoms with Crippen LogP contribution in [0.1, 0.15) is 44.0 Å². The quantitative estimate of drug-likeness (QED) is 0.476. The fourth-order valence-corrected chi connectivity index (χ4v) is 4.40. The van der Waals surface area contributed by atoms with Crippen molar-refractivity contribution in [1.29, 1.82) is 0 Å². The van der Waals surface area contributed by atoms with Crippen LogP contribution in [-0.4, -0.2) is 54.3 Å². The average molecular weight is 446 g/mol. The fraction of sp³-hybridized carbons (Fsp3) is 0.542. The molecule has 6 nitrogen and oxygen atoms in total. The number of aromatic nitrogens is 1. The molecule has 0 amide bonds. The van der Waals surface area contributed by atoms with Gasteiger partial charge in [0.15, 0.2) is 5.96 Å². The molecule has 7 heteroatoms. The molecule has 0 bridgehead atoms. The molecule has 1 saturated heterocycles. The number of hydrogen-bond acceptors (Lipinski definition) is 3. The van der Waals surface area contributed by atoms with Gasteiger partial charge in [0.1, 0.15) is 0 Å². The zero-order valence-corrected chi connectivity index (χ0v) is 20.0. The Balaban J connectivity index is 1.75. The highest BCUT2D eigenvalue weighted by atomic mass is 35.5. The van der Waals surface area contributed by atoms with Gasteiger partial charge in [-0.15, -0.1) is 0 Å². The first kappa shape index (κ1) is 23.6. The van der Waals surface area contributed by atoms with Gasteiger partial charge in [0.25, 0.3) is 0 Å². The Bertz CT molecular complexity index is 845. The Morgan fingerprint density at radius 1 is 1.29 bits per heavy atom. The van der Waals surface area contributed by atoms with Gasteiger partial charge in [-0.1, -0.05) is 41.9 Å². The summed E-state index contributed by atoms with van der Waals surface area (Å²) in [5, 5.41) is 8.10. The van der Waals surface area contributed by atoms with E-state index in [0.717, 1.165) is 55.8 Å². The minimum atomic E-state index is -0.0801. The number of benzene rings is 1. The van der Waals surface area contributed by atoms with E-state index in [1.54, 1.807) is 0 Å². The lowest BCUT2D eigenvalue weighted by Crippen LogP contribution is -2.53. The summed E-state index contributed by atoms with van der Waals surface area (Å²) in [6.07, 6.45) is 3.83. The number of guanidine groups is 1. The van der Waals surface area contributed by atoms with Crippen LogP contribution < -0.4 is 10.6 Å². The van der Waals surface area contributed by atoms with Crippen LogP contribution in [-0.2, 0) is 18.3 Å². The summed E-state index contributed by atoms with van der Waals surface area (Å²) in [7, 11) is 4.09. The number of nitrogens with one attached hydrogen (secondary N) is 2. The van der Waals surface area contributed by atoms with E-state index in [9.17, 15) is 0 Å². The lowest BCUT2D eigenvalue weighted by Gasteiger charge is -2.40. The second kappa shape index (κ2) is 11.0. The highest BCUT2D eigenvalue weighted by Gasteiger charge is 2.34. The average Bonchev–Trinajstić information content (AvgIpc) is 3.08. The van der Waals surface area contributed by atoms with Crippen molar-refractivity contribution < 1.29 is 4.74 Å². The standard InChI is InChI=1S/C24H36ClN5O/c1-5-26-23(30(4)17-22-15-21(25)16-29(22)3)27-18-24(11-13-31-14-12-24)28-19(2)20-9-7-6-8-10-20/h6-10,15-16,19,28H,5,11-14,17-18H2,1-4H3,(H,26,27). The molecule has 3 rings (SSSR count). The van der Waals surface area contributed by atoms with E-state index in [0.29, 0.717) is 6.54 Å². The second-order valence-electron chi connectivity index (χ2n) is 8.46. The number of ether oxygens (including phenoxy) is 1. The largest absolute Gasteiger partial charge is 0.381 e. The van der Waals surface area contributed by atoms with Crippen LogP contribution in [0.5, 0.6) is 0 Å². The van der Waals surface area contributed by atoms with Crippen molar-refractivity contribution in [2.45, 2.75) is 44.8 Å². The maximum atomic E-state index is 6.16. The summed E-state index contributed by atoms with van der Waals surface area (Å²) in [5.74, 6) is 0.903. The van der Waals surface area contributed by atoms with E-state index >= 15 is 0 Å². The van der Waals surface area contributed by atoms with Gasteiger partial charge in [-0.3, -0.25) is 4.99 Å². The molecule has 0 radical (unpaired) electrons. The smallest absolute Gasteiger partial charge is 0.194 e. The van der Waals surface area contributed by atoms with Gasteiger partial charge in [0, 0.05) is 57.3 Å². The third-order valence-corrected chi connectivity index (χ3v) is 6.18. The summed E-state index contributed by atoms with van der Waals surface area (Å²) < 4.78 is 7.74. The van der Waals surface area contributed by atoms with Crippen molar-refractivity contribution in [1.82, 2.24) is 20.1 Å². The van der Waals surface area contributed by atoms with Gasteiger partial charge in [0.2, 0.25) is 0 Å². The van der Waals surface area contributed by atoms with E-state index in [1.807, 2.05) is 19.3 Å². The molecule has 31 heavy (non-hydrogen) atoms. The van der Waals surface area contributed by atoms with Gasteiger partial charge in [-0.25, -0.2) is 0 Å². The van der Waals surface area contributed by atoms with Crippen LogP contribution >= 0.6 is 11.6 Å². The Morgan fingerprint density at radius 3 is 2.61 bits per heavy atom. The maximum absolute atomic E-state index is 6.16. The molecule has 1 unspecified atom stereocenters. The topological polar surface area (TPSA) is 53.8 Å². The highest BCUT2D eigenvalue weighted by Crippen LogP contribution is 2.26. The summed E-state index contributed by atoms with van der Waals surface area (Å²) in [6.45, 7) is 8.11. The first-order chi connectivity index (χ1) is 14.9. The lowest BCUT2D eigenvalue weighted by atomic mass is 9.88. The van der Waals surface area contributed by atoms with Crippen LogP contribution in [0.2, 0.25) is 5.02 Å². The molecule has 1 aliphatic rings. The molecule has 2 heterocycles. The monoisotopic (exact) mass is 445 g/mol. The first-order valence-electron chi connectivity index (χ1n) is 11.1. The Morgan fingerprint density at radius 2 is 2.00 bits per heavy atom. The zero-order chi connectivity index (χ0) is 22.3. The number of aryl methyl sites for hydroxylation is 1. The molecule has 1 aromatic carbocycles. The van der Waals surface area contributed by atoms with Crippen molar-refractivity contribution in [2.24, 2.45) is 12.0 Å². The minimum Gasteiger partial charge on any atom is -0.381 e. The molecule has 2 aromatic rings. The van der Waals surface area contributed by atoms with E-state index < -0.39 is 0 Å². The van der Waals surface area contributed by atoms with Gasteiger partial charge >= 0.3 is 0 Å². The normalized spacial score (nSPS) is 17.4. The number of rotatable bonds is 8. The van der Waals surface area contributed by atoms with Crippen molar-refractivity contribution in [3.8, 4) is 0 Å². The summed E-state index contributed by atoms with van der Waals surface area (Å²) in [6, 6.07) is 12.9. The summed E-state index contributed by atoms with van der Waals surface area (Å²) in [4.78, 5) is 7.22. The van der Waals surface area contributed by atoms with Crippen molar-refractivity contribution in [2.75, 3.05) is 33.4 Å². The zero-order valence-electron chi connectivity index (χ0n) is 19.2. The number of hydrogen-bond donors (Lipinski definition) is 2. The highest BCUT2D eigenvalue weighted by molar-refractivity contribution is 6.30. The molecule has 0 aliphatic carbocycles. The number of nitrogens with zero attached hydrogens (tertiary/aromatic N) is 3. The fourth-order valence-electron chi connectivity index (χ4n) is 4.13. The Kier molecular flexibility index (Phi) is 8.41. The van der Waals surface area contributed by atoms with Crippen LogP contribution in [0.15, 0.2) is 47.6 Å². The molecule has 1 aromatic heterocycles. The van der Waals surface area contributed by atoms with Gasteiger partial charge in [-0.05, 0) is 38.3 Å².